The number of nitrogens with one attached hydrogen (secondary N) is 1. The van der Waals surface area contributed by atoms with E-state index in [0.717, 1.165) is 19.3 Å². The first-order valence-corrected chi connectivity index (χ1v) is 12.1. The van der Waals surface area contributed by atoms with Gasteiger partial charge in [0.1, 0.15) is 27.6 Å². The standard InChI is InChI=1S/C22H21N5O6S/c23-17(28)11-33-13-5-6-15-16(10-13)34(31,32)26-20(25-15)18-19(29)14-2-1-8-24-21(14)27(22(18)30)9-7-12-3-4-12/h1-2,5-6,8,10,12,29H,3-4,7,9,11H2,(H2,23,28)(H,25,26). The van der Waals surface area contributed by atoms with E-state index in [-0.39, 0.29) is 27.7 Å². The quantitative estimate of drug-likeness (QED) is 0.452. The van der Waals surface area contributed by atoms with E-state index in [2.05, 4.69) is 14.7 Å². The minimum atomic E-state index is -4.26. The predicted octanol–water partition coefficient (Wildman–Crippen LogP) is 1.33. The maximum absolute atomic E-state index is 13.4. The number of fused-ring (bicyclic) bond motifs is 2. The Morgan fingerprint density at radius 2 is 2.09 bits per heavy atom. The van der Waals surface area contributed by atoms with Gasteiger partial charge in [0.25, 0.3) is 21.5 Å². The van der Waals surface area contributed by atoms with Gasteiger partial charge in [-0.1, -0.05) is 12.8 Å². The lowest BCUT2D eigenvalue weighted by molar-refractivity contribution is -0.119. The number of aromatic nitrogens is 2. The van der Waals surface area contributed by atoms with Gasteiger partial charge in [0, 0.05) is 18.8 Å². The van der Waals surface area contributed by atoms with Crippen LogP contribution in [0.4, 0.5) is 5.69 Å². The van der Waals surface area contributed by atoms with Crippen molar-refractivity contribution in [3.8, 4) is 11.5 Å². The van der Waals surface area contributed by atoms with E-state index in [0.29, 0.717) is 23.5 Å². The van der Waals surface area contributed by atoms with Gasteiger partial charge in [-0.3, -0.25) is 14.2 Å². The number of pyridine rings is 2. The second kappa shape index (κ2) is 8.13. The average molecular weight is 484 g/mol. The van der Waals surface area contributed by atoms with Gasteiger partial charge in [0.2, 0.25) is 0 Å². The molecule has 5 rings (SSSR count). The molecule has 1 amide bonds. The Balaban J connectivity index is 1.61. The van der Waals surface area contributed by atoms with Crippen LogP contribution in [0.15, 0.2) is 50.6 Å². The molecule has 0 atom stereocenters. The van der Waals surface area contributed by atoms with Crippen LogP contribution < -0.4 is 21.3 Å². The van der Waals surface area contributed by atoms with E-state index in [1.165, 1.54) is 29.0 Å². The van der Waals surface area contributed by atoms with Gasteiger partial charge in [-0.2, -0.15) is 8.42 Å². The van der Waals surface area contributed by atoms with Gasteiger partial charge in [0.05, 0.1) is 11.1 Å². The molecule has 3 heterocycles. The van der Waals surface area contributed by atoms with Crippen molar-refractivity contribution in [2.75, 3.05) is 11.9 Å². The van der Waals surface area contributed by atoms with Gasteiger partial charge in [0.15, 0.2) is 12.4 Å². The van der Waals surface area contributed by atoms with Crippen LogP contribution in [0.3, 0.4) is 0 Å². The van der Waals surface area contributed by atoms with Crippen LogP contribution in [-0.2, 0) is 21.4 Å². The Labute approximate surface area is 194 Å². The zero-order chi connectivity index (χ0) is 24.0. The first-order valence-electron chi connectivity index (χ1n) is 10.6. The van der Waals surface area contributed by atoms with Gasteiger partial charge >= 0.3 is 0 Å². The molecule has 3 aromatic rings. The molecule has 34 heavy (non-hydrogen) atoms. The Morgan fingerprint density at radius 1 is 1.29 bits per heavy atom. The maximum atomic E-state index is 13.4. The number of aryl methyl sites for hydroxylation is 1. The molecule has 1 aliphatic carbocycles. The van der Waals surface area contributed by atoms with E-state index in [9.17, 15) is 23.1 Å². The molecule has 1 aliphatic heterocycles. The number of hydrogen-bond donors (Lipinski definition) is 3. The van der Waals surface area contributed by atoms with E-state index < -0.39 is 33.8 Å². The third-order valence-corrected chi connectivity index (χ3v) is 7.08. The van der Waals surface area contributed by atoms with Crippen molar-refractivity contribution in [2.24, 2.45) is 16.0 Å². The molecule has 0 saturated heterocycles. The summed E-state index contributed by atoms with van der Waals surface area (Å²) in [6.45, 7) is -0.0261. The van der Waals surface area contributed by atoms with Crippen molar-refractivity contribution in [2.45, 2.75) is 30.7 Å². The smallest absolute Gasteiger partial charge is 0.286 e. The third kappa shape index (κ3) is 3.96. The van der Waals surface area contributed by atoms with Crippen molar-refractivity contribution < 1.29 is 23.1 Å². The number of hydrogen-bond acceptors (Lipinski definition) is 8. The second-order valence-electron chi connectivity index (χ2n) is 8.24. The van der Waals surface area contributed by atoms with E-state index in [4.69, 9.17) is 10.5 Å². The SMILES string of the molecule is NC(=O)COc1ccc2c(c1)S(=O)(=O)N=C(c1c(O)c3cccnc3n(CCC3CC3)c1=O)N2. The molecule has 0 bridgehead atoms. The number of rotatable bonds is 7. The Hall–Kier alpha value is -3.93. The minimum Gasteiger partial charge on any atom is -0.506 e. The number of amidine groups is 1. The molecule has 0 unspecified atom stereocenters. The highest BCUT2D eigenvalue weighted by Crippen LogP contribution is 2.35. The van der Waals surface area contributed by atoms with Gasteiger partial charge < -0.3 is 20.9 Å². The van der Waals surface area contributed by atoms with Crippen molar-refractivity contribution in [1.29, 1.82) is 0 Å². The first kappa shape index (κ1) is 21.9. The Morgan fingerprint density at radius 3 is 2.82 bits per heavy atom. The van der Waals surface area contributed by atoms with Crippen LogP contribution in [0, 0.1) is 5.92 Å². The molecule has 0 spiro atoms. The molecule has 0 radical (unpaired) electrons. The summed E-state index contributed by atoms with van der Waals surface area (Å²) in [5, 5.41) is 14.1. The molecule has 2 aliphatic rings. The zero-order valence-electron chi connectivity index (χ0n) is 17.9. The Kier molecular flexibility index (Phi) is 5.24. The number of nitrogens with two attached hydrogens (primary N) is 1. The fraction of sp³-hybridized carbons (Fsp3) is 0.273. The summed E-state index contributed by atoms with van der Waals surface area (Å²) in [6.07, 6.45) is 4.54. The number of anilines is 1. The monoisotopic (exact) mass is 483 g/mol. The van der Waals surface area contributed by atoms with Gasteiger partial charge in [-0.25, -0.2) is 4.98 Å². The molecule has 1 saturated carbocycles. The lowest BCUT2D eigenvalue weighted by atomic mass is 10.1. The van der Waals surface area contributed by atoms with Crippen LogP contribution in [0.5, 0.6) is 11.5 Å². The average Bonchev–Trinajstić information content (AvgIpc) is 3.62. The number of carbonyl (C=O) groups excluding carboxylic acids is 1. The maximum Gasteiger partial charge on any atom is 0.286 e. The van der Waals surface area contributed by atoms with Crippen LogP contribution in [-0.4, -0.2) is 41.4 Å². The fourth-order valence-electron chi connectivity index (χ4n) is 3.89. The second-order valence-corrected chi connectivity index (χ2v) is 9.81. The van der Waals surface area contributed by atoms with Gasteiger partial charge in [-0.15, -0.1) is 4.40 Å². The highest BCUT2D eigenvalue weighted by Gasteiger charge is 2.31. The summed E-state index contributed by atoms with van der Waals surface area (Å²) < 4.78 is 36.3. The zero-order valence-corrected chi connectivity index (χ0v) is 18.7. The summed E-state index contributed by atoms with van der Waals surface area (Å²) in [4.78, 5) is 28.5. The number of sulfonamides is 1. The lowest BCUT2D eigenvalue weighted by Crippen LogP contribution is -2.33. The molecular weight excluding hydrogens is 462 g/mol. The first-order chi connectivity index (χ1) is 16.2. The van der Waals surface area contributed by atoms with Gasteiger partial charge in [-0.05, 0) is 36.6 Å². The highest BCUT2D eigenvalue weighted by atomic mass is 32.2. The Bertz CT molecular complexity index is 1520. The summed E-state index contributed by atoms with van der Waals surface area (Å²) in [6, 6.07) is 7.31. The predicted molar refractivity (Wildman–Crippen MR) is 123 cm³/mol. The topological polar surface area (TPSA) is 166 Å². The summed E-state index contributed by atoms with van der Waals surface area (Å²) >= 11 is 0. The van der Waals surface area contributed by atoms with Crippen LogP contribution in [0.1, 0.15) is 24.8 Å². The van der Waals surface area contributed by atoms with E-state index in [1.807, 2.05) is 0 Å². The van der Waals surface area contributed by atoms with Crippen LogP contribution >= 0.6 is 0 Å². The minimum absolute atomic E-state index is 0.114. The molecule has 11 nitrogen and oxygen atoms in total. The van der Waals surface area contributed by atoms with Crippen molar-refractivity contribution in [3.63, 3.8) is 0 Å². The summed E-state index contributed by atoms with van der Waals surface area (Å²) in [7, 11) is -4.26. The fourth-order valence-corrected chi connectivity index (χ4v) is 5.03. The number of amides is 1. The third-order valence-electron chi connectivity index (χ3n) is 5.76. The number of benzene rings is 1. The van der Waals surface area contributed by atoms with Crippen molar-refractivity contribution in [3.05, 3.63) is 52.4 Å². The van der Waals surface area contributed by atoms with E-state index in [1.54, 1.807) is 12.1 Å². The normalized spacial score (nSPS) is 16.4. The van der Waals surface area contributed by atoms with Crippen molar-refractivity contribution >= 4 is 38.5 Å². The summed E-state index contributed by atoms with van der Waals surface area (Å²) in [5.74, 6) is -0.734. The largest absolute Gasteiger partial charge is 0.506 e. The highest BCUT2D eigenvalue weighted by molar-refractivity contribution is 7.90. The number of nitrogens with zero attached hydrogens (tertiary/aromatic N) is 3. The number of aromatic hydroxyl groups is 1. The van der Waals surface area contributed by atoms with E-state index >= 15 is 0 Å². The molecule has 1 fully saturated rings. The molecular formula is C22H21N5O6S. The summed E-state index contributed by atoms with van der Waals surface area (Å²) in [5.41, 5.74) is 4.69. The molecule has 2 aromatic heterocycles. The van der Waals surface area contributed by atoms with Crippen LogP contribution in [0.2, 0.25) is 0 Å². The van der Waals surface area contributed by atoms with Crippen LogP contribution in [0.25, 0.3) is 11.0 Å². The lowest BCUT2D eigenvalue weighted by Gasteiger charge is -2.21. The number of primary amides is 1. The molecule has 4 N–H and O–H groups in total. The molecule has 12 heteroatoms. The number of carbonyl (C=O) groups is 1. The molecule has 1 aromatic carbocycles. The molecule has 176 valence electrons. The number of ether oxygens (including phenoxy) is 1. The van der Waals surface area contributed by atoms with Crippen molar-refractivity contribution in [1.82, 2.24) is 9.55 Å².